The second-order valence-electron chi connectivity index (χ2n) is 8.16. The van der Waals surface area contributed by atoms with E-state index in [4.69, 9.17) is 0 Å². The molecule has 3 aromatic rings. The van der Waals surface area contributed by atoms with Crippen LogP contribution in [0.5, 0.6) is 0 Å². The third-order valence-corrected chi connectivity index (χ3v) is 7.13. The molecule has 4 rings (SSSR count). The minimum absolute atomic E-state index is 0.140. The Balaban J connectivity index is 1.75. The fourth-order valence-electron chi connectivity index (χ4n) is 3.86. The van der Waals surface area contributed by atoms with Crippen molar-refractivity contribution in [2.24, 2.45) is 0 Å². The molecule has 1 N–H and O–H groups in total. The van der Waals surface area contributed by atoms with Crippen LogP contribution in [0.25, 0.3) is 0 Å². The Kier molecular flexibility index (Phi) is 7.33. The summed E-state index contributed by atoms with van der Waals surface area (Å²) in [4.78, 5) is 28.1. The average Bonchev–Trinajstić information content (AvgIpc) is 3.18. The number of nitriles is 1. The van der Waals surface area contributed by atoms with E-state index < -0.39 is 17.0 Å². The van der Waals surface area contributed by atoms with Gasteiger partial charge in [-0.25, -0.2) is 4.39 Å². The van der Waals surface area contributed by atoms with Crippen LogP contribution < -0.4 is 10.2 Å². The lowest BCUT2D eigenvalue weighted by Gasteiger charge is -2.19. The smallest absolute Gasteiger partial charge is 0.269 e. The third-order valence-electron chi connectivity index (χ3n) is 5.86. The van der Waals surface area contributed by atoms with Gasteiger partial charge in [-0.15, -0.1) is 0 Å². The Labute approximate surface area is 208 Å². The zero-order chi connectivity index (χ0) is 24.9. The maximum Gasteiger partial charge on any atom is 0.269 e. The van der Waals surface area contributed by atoms with Crippen molar-refractivity contribution in [3.8, 4) is 6.07 Å². The minimum atomic E-state index is -0.678. The first-order valence-electron chi connectivity index (χ1n) is 11.3. The molecule has 1 unspecified atom stereocenters. The highest BCUT2D eigenvalue weighted by Gasteiger charge is 2.41. The van der Waals surface area contributed by atoms with E-state index in [1.165, 1.54) is 11.0 Å². The molecule has 0 aliphatic carbocycles. The van der Waals surface area contributed by atoms with Crippen LogP contribution in [-0.2, 0) is 22.4 Å². The van der Waals surface area contributed by atoms with Gasteiger partial charge in [-0.1, -0.05) is 67.2 Å². The number of halogens is 1. The van der Waals surface area contributed by atoms with Gasteiger partial charge in [-0.05, 0) is 60.7 Å². The lowest BCUT2D eigenvalue weighted by Crippen LogP contribution is -2.31. The van der Waals surface area contributed by atoms with Crippen LogP contribution in [0.4, 0.5) is 15.8 Å². The molecule has 0 saturated carbocycles. The van der Waals surface area contributed by atoms with E-state index in [1.54, 1.807) is 42.5 Å². The van der Waals surface area contributed by atoms with E-state index in [2.05, 4.69) is 5.32 Å². The summed E-state index contributed by atoms with van der Waals surface area (Å²) in [5, 5.41) is 12.3. The zero-order valence-corrected chi connectivity index (χ0v) is 20.2. The summed E-state index contributed by atoms with van der Waals surface area (Å²) in [7, 11) is 0. The predicted octanol–water partition coefficient (Wildman–Crippen LogP) is 5.76. The van der Waals surface area contributed by atoms with E-state index in [9.17, 15) is 19.2 Å². The Hall–Kier alpha value is -3.89. The number of carbonyl (C=O) groups excluding carboxylic acids is 2. The van der Waals surface area contributed by atoms with Crippen molar-refractivity contribution in [1.82, 2.24) is 0 Å². The molecular formula is C28H24FN3O2S. The van der Waals surface area contributed by atoms with E-state index in [0.29, 0.717) is 16.9 Å². The Morgan fingerprint density at radius 1 is 1.09 bits per heavy atom. The molecule has 0 spiro atoms. The van der Waals surface area contributed by atoms with Crippen LogP contribution in [0.3, 0.4) is 0 Å². The first kappa shape index (κ1) is 24.2. The number of benzene rings is 3. The number of amides is 2. The number of nitrogens with one attached hydrogen (secondary N) is 1. The predicted molar refractivity (Wildman–Crippen MR) is 137 cm³/mol. The fraction of sp³-hybridized carbons (Fsp3) is 0.179. The number of anilines is 2. The second-order valence-corrected chi connectivity index (χ2v) is 9.35. The number of hydrogen-bond donors (Lipinski definition) is 1. The summed E-state index contributed by atoms with van der Waals surface area (Å²) in [6.45, 7) is 3.89. The topological polar surface area (TPSA) is 73.2 Å². The Morgan fingerprint density at radius 3 is 2.43 bits per heavy atom. The summed E-state index contributed by atoms with van der Waals surface area (Å²) >= 11 is 1.12. The number of thioether (sulfide) groups is 1. The number of para-hydroxylation sites is 1. The first-order chi connectivity index (χ1) is 16.9. The van der Waals surface area contributed by atoms with Gasteiger partial charge in [0.05, 0.1) is 5.25 Å². The molecular weight excluding hydrogens is 461 g/mol. The number of rotatable bonds is 6. The standard InChI is InChI=1S/C28H24FN3O2S/c1-3-19-12-14-21(15-13-19)32-27(34)25(16-20-9-5-6-10-23(20)29)35-28(32)22(17-30)26(33)31-24-11-7-4-8-18(24)2/h4-15,25H,3,16H2,1-2H3,(H,31,33)/b28-22-. The molecule has 176 valence electrons. The highest BCUT2D eigenvalue weighted by molar-refractivity contribution is 8.05. The molecule has 1 saturated heterocycles. The highest BCUT2D eigenvalue weighted by atomic mass is 32.2. The van der Waals surface area contributed by atoms with Crippen LogP contribution in [0.15, 0.2) is 83.4 Å². The van der Waals surface area contributed by atoms with Crippen molar-refractivity contribution in [2.75, 3.05) is 10.2 Å². The molecule has 0 bridgehead atoms. The van der Waals surface area contributed by atoms with Crippen molar-refractivity contribution < 1.29 is 14.0 Å². The number of aryl methyl sites for hydroxylation is 2. The van der Waals surface area contributed by atoms with Gasteiger partial charge in [0.15, 0.2) is 0 Å². The normalized spacial score (nSPS) is 16.7. The van der Waals surface area contributed by atoms with Crippen LogP contribution in [0, 0.1) is 24.1 Å². The molecule has 3 aromatic carbocycles. The van der Waals surface area contributed by atoms with Gasteiger partial charge in [0.25, 0.3) is 5.91 Å². The lowest BCUT2D eigenvalue weighted by molar-refractivity contribution is -0.117. The summed E-state index contributed by atoms with van der Waals surface area (Å²) in [5.41, 5.74) is 3.33. The van der Waals surface area contributed by atoms with Crippen LogP contribution in [0.1, 0.15) is 23.6 Å². The summed E-state index contributed by atoms with van der Waals surface area (Å²) < 4.78 is 14.3. The average molecular weight is 486 g/mol. The van der Waals surface area contributed by atoms with E-state index in [-0.39, 0.29) is 22.9 Å². The molecule has 35 heavy (non-hydrogen) atoms. The SMILES string of the molecule is CCc1ccc(N2C(=O)C(Cc3ccccc3F)S/C2=C(/C#N)C(=O)Nc2ccccc2C)cc1. The summed E-state index contributed by atoms with van der Waals surface area (Å²) in [5.74, 6) is -1.29. The largest absolute Gasteiger partial charge is 0.321 e. The van der Waals surface area contributed by atoms with Crippen LogP contribution in [0.2, 0.25) is 0 Å². The van der Waals surface area contributed by atoms with Gasteiger partial charge >= 0.3 is 0 Å². The second kappa shape index (κ2) is 10.6. The minimum Gasteiger partial charge on any atom is -0.321 e. The number of nitrogens with zero attached hydrogens (tertiary/aromatic N) is 2. The van der Waals surface area contributed by atoms with Crippen molar-refractivity contribution in [3.05, 3.63) is 106 Å². The number of carbonyl (C=O) groups is 2. The molecule has 5 nitrogen and oxygen atoms in total. The van der Waals surface area contributed by atoms with Gasteiger partial charge in [0, 0.05) is 11.4 Å². The van der Waals surface area contributed by atoms with E-state index >= 15 is 0 Å². The summed E-state index contributed by atoms with van der Waals surface area (Å²) in [6.07, 6.45) is 0.977. The molecule has 1 atom stereocenters. The van der Waals surface area contributed by atoms with E-state index in [1.807, 2.05) is 44.2 Å². The molecule has 2 amide bonds. The molecule has 1 fully saturated rings. The molecule has 7 heteroatoms. The summed E-state index contributed by atoms with van der Waals surface area (Å²) in [6, 6.07) is 23.0. The maximum atomic E-state index is 14.3. The van der Waals surface area contributed by atoms with Gasteiger partial charge in [-0.2, -0.15) is 5.26 Å². The maximum absolute atomic E-state index is 14.3. The van der Waals surface area contributed by atoms with Crippen LogP contribution >= 0.6 is 11.8 Å². The Bertz CT molecular complexity index is 1340. The molecule has 0 radical (unpaired) electrons. The van der Waals surface area contributed by atoms with Crippen molar-refractivity contribution in [1.29, 1.82) is 5.26 Å². The first-order valence-corrected chi connectivity index (χ1v) is 12.1. The molecule has 1 heterocycles. The van der Waals surface area contributed by atoms with Gasteiger partial charge in [-0.3, -0.25) is 14.5 Å². The molecule has 0 aromatic heterocycles. The Morgan fingerprint density at radius 2 is 1.77 bits per heavy atom. The van der Waals surface area contributed by atoms with E-state index in [0.717, 1.165) is 29.3 Å². The van der Waals surface area contributed by atoms with Gasteiger partial charge in [0.1, 0.15) is 22.5 Å². The number of hydrogen-bond acceptors (Lipinski definition) is 4. The van der Waals surface area contributed by atoms with Crippen molar-refractivity contribution >= 4 is 35.0 Å². The van der Waals surface area contributed by atoms with Gasteiger partial charge < -0.3 is 5.32 Å². The zero-order valence-electron chi connectivity index (χ0n) is 19.4. The highest BCUT2D eigenvalue weighted by Crippen LogP contribution is 2.42. The van der Waals surface area contributed by atoms with Crippen molar-refractivity contribution in [2.45, 2.75) is 31.9 Å². The monoisotopic (exact) mass is 485 g/mol. The fourth-order valence-corrected chi connectivity index (χ4v) is 5.16. The molecule has 1 aliphatic heterocycles. The molecule has 1 aliphatic rings. The van der Waals surface area contributed by atoms with Crippen LogP contribution in [-0.4, -0.2) is 17.1 Å². The van der Waals surface area contributed by atoms with Crippen molar-refractivity contribution in [3.63, 3.8) is 0 Å². The quantitative estimate of drug-likeness (QED) is 0.356. The lowest BCUT2D eigenvalue weighted by atomic mass is 10.1. The third kappa shape index (κ3) is 5.13. The van der Waals surface area contributed by atoms with Gasteiger partial charge in [0.2, 0.25) is 5.91 Å².